The van der Waals surface area contributed by atoms with Gasteiger partial charge < -0.3 is 29.5 Å². The Labute approximate surface area is 335 Å². The Balaban J connectivity index is 1.41. The van der Waals surface area contributed by atoms with E-state index in [4.69, 9.17) is 25.8 Å². The van der Waals surface area contributed by atoms with Crippen LogP contribution in [0.2, 0.25) is 5.02 Å². The van der Waals surface area contributed by atoms with E-state index in [1.807, 2.05) is 27.7 Å². The van der Waals surface area contributed by atoms with E-state index in [9.17, 15) is 24.3 Å². The van der Waals surface area contributed by atoms with Crippen LogP contribution in [0.5, 0.6) is 17.9 Å². The van der Waals surface area contributed by atoms with Gasteiger partial charge in [-0.2, -0.15) is 9.97 Å². The number of likely N-dealkylation sites (tertiary alicyclic amines) is 1. The number of methoxy groups -OCH3 is 2. The molecular formula is C41H59ClN6O8. The lowest BCUT2D eigenvalue weighted by Gasteiger charge is -2.37. The molecule has 2 N–H and O–H groups in total. The Morgan fingerprint density at radius 1 is 0.964 bits per heavy atom. The molecule has 6 atom stereocenters. The number of aliphatic hydroxyl groups is 1. The number of halogens is 1. The van der Waals surface area contributed by atoms with Crippen LogP contribution >= 0.6 is 11.6 Å². The van der Waals surface area contributed by atoms with Crippen LogP contribution < -0.4 is 19.5 Å². The van der Waals surface area contributed by atoms with Crippen LogP contribution in [-0.2, 0) is 19.2 Å². The van der Waals surface area contributed by atoms with Gasteiger partial charge >= 0.3 is 12.0 Å². The fourth-order valence-electron chi connectivity index (χ4n) is 8.11. The number of aromatic nitrogens is 4. The SMILES string of the molecule is CCC[C@H](CC(=O)[C@@H]1C[C@@H](Oc2ccc(Cl)cn2)CN1C(=O)[C@@H](CC(=O)[C@@H](Nc1nc(OC)nc(OC)n1)C1CCCCC1)C(C)(C)C)C(O)C(=O)CC1CC1. The number of nitrogens with one attached hydrogen (secondary N) is 1. The standard InChI is InChI=1S/C41H59ClN6O8/c1-7-11-26(36(52)33(51)18-24-14-15-24)19-31(49)30-20-28(56-34-17-16-27(42)22-43-34)23-48(30)37(53)29(41(2,3)4)21-32(50)35(25-12-9-8-10-13-25)44-38-45-39(54-5)47-40(46-38)55-6/h16-17,22,24-26,28-30,35-36,52H,7-15,18-21,23H2,1-6H3,(H,44,45,46,47)/t26-,28-,29-,30+,35+,36?/m1/s1. The van der Waals surface area contributed by atoms with Crippen molar-refractivity contribution in [2.24, 2.45) is 29.1 Å². The Hall–Kier alpha value is -3.91. The molecule has 2 aromatic rings. The highest BCUT2D eigenvalue weighted by molar-refractivity contribution is 6.30. The average Bonchev–Trinajstić information content (AvgIpc) is 3.90. The number of ether oxygens (including phenoxy) is 3. The zero-order chi connectivity index (χ0) is 40.6. The predicted molar refractivity (Wildman–Crippen MR) is 210 cm³/mol. The van der Waals surface area contributed by atoms with Gasteiger partial charge in [0.15, 0.2) is 17.3 Å². The van der Waals surface area contributed by atoms with Crippen molar-refractivity contribution in [3.05, 3.63) is 23.4 Å². The zero-order valence-corrected chi connectivity index (χ0v) is 34.4. The van der Waals surface area contributed by atoms with Crippen LogP contribution in [0, 0.1) is 29.1 Å². The Bertz CT molecular complexity index is 1640. The van der Waals surface area contributed by atoms with Crippen molar-refractivity contribution < 1.29 is 38.5 Å². The minimum Gasteiger partial charge on any atom is -0.472 e. The summed E-state index contributed by atoms with van der Waals surface area (Å²) < 4.78 is 16.7. The molecule has 1 saturated heterocycles. The van der Waals surface area contributed by atoms with E-state index in [0.717, 1.165) is 44.9 Å². The molecule has 0 aromatic carbocycles. The number of Topliss-reactive ketones (excluding diaryl/α,β-unsaturated/α-hetero) is 3. The number of hydrogen-bond acceptors (Lipinski definition) is 13. The molecule has 2 aromatic heterocycles. The van der Waals surface area contributed by atoms with Crippen LogP contribution in [0.1, 0.15) is 111 Å². The van der Waals surface area contributed by atoms with E-state index in [1.54, 1.807) is 17.0 Å². The van der Waals surface area contributed by atoms with Gasteiger partial charge in [-0.25, -0.2) is 4.98 Å². The van der Waals surface area contributed by atoms with Crippen LogP contribution in [-0.4, -0.2) is 98.3 Å². The van der Waals surface area contributed by atoms with Gasteiger partial charge in [-0.15, -0.1) is 4.98 Å². The van der Waals surface area contributed by atoms with Crippen molar-refractivity contribution in [1.29, 1.82) is 0 Å². The summed E-state index contributed by atoms with van der Waals surface area (Å²) in [5.74, 6) is -1.60. The third kappa shape index (κ3) is 11.6. The fraction of sp³-hybridized carbons (Fsp3) is 0.707. The first kappa shape index (κ1) is 43.2. The molecule has 15 heteroatoms. The fourth-order valence-corrected chi connectivity index (χ4v) is 8.22. The molecule has 0 radical (unpaired) electrons. The molecule has 3 aliphatic rings. The lowest BCUT2D eigenvalue weighted by atomic mass is 9.74. The normalized spacial score (nSPS) is 21.1. The van der Waals surface area contributed by atoms with Crippen LogP contribution in [0.15, 0.2) is 18.3 Å². The number of hydrogen-bond donors (Lipinski definition) is 2. The summed E-state index contributed by atoms with van der Waals surface area (Å²) in [6, 6.07) is 1.78. The first-order valence-electron chi connectivity index (χ1n) is 20.2. The molecule has 3 heterocycles. The molecule has 1 amide bonds. The summed E-state index contributed by atoms with van der Waals surface area (Å²) in [7, 11) is 2.86. The molecule has 0 bridgehead atoms. The number of amides is 1. The third-order valence-electron chi connectivity index (χ3n) is 11.5. The lowest BCUT2D eigenvalue weighted by molar-refractivity contribution is -0.146. The minimum absolute atomic E-state index is 0.0175. The maximum absolute atomic E-state index is 14.9. The molecule has 1 unspecified atom stereocenters. The second kappa shape index (κ2) is 19.5. The highest BCUT2D eigenvalue weighted by Gasteiger charge is 2.47. The van der Waals surface area contributed by atoms with Crippen molar-refractivity contribution in [3.8, 4) is 17.9 Å². The smallest absolute Gasteiger partial charge is 0.324 e. The van der Waals surface area contributed by atoms with Gasteiger partial charge in [0, 0.05) is 43.9 Å². The van der Waals surface area contributed by atoms with Gasteiger partial charge in [-0.05, 0) is 61.3 Å². The summed E-state index contributed by atoms with van der Waals surface area (Å²) in [6.07, 6.45) is 7.83. The van der Waals surface area contributed by atoms with E-state index in [-0.39, 0.29) is 73.0 Å². The second-order valence-corrected chi connectivity index (χ2v) is 17.3. The molecule has 2 saturated carbocycles. The molecule has 2 aliphatic carbocycles. The van der Waals surface area contributed by atoms with E-state index >= 15 is 0 Å². The summed E-state index contributed by atoms with van der Waals surface area (Å²) in [5.41, 5.74) is -0.677. The summed E-state index contributed by atoms with van der Waals surface area (Å²) >= 11 is 6.06. The van der Waals surface area contributed by atoms with Gasteiger partial charge in [0.1, 0.15) is 12.2 Å². The van der Waals surface area contributed by atoms with Gasteiger partial charge in [-0.1, -0.05) is 65.0 Å². The number of aliphatic hydroxyl groups excluding tert-OH is 1. The van der Waals surface area contributed by atoms with Crippen molar-refractivity contribution in [2.45, 2.75) is 135 Å². The van der Waals surface area contributed by atoms with Gasteiger partial charge in [-0.3, -0.25) is 19.2 Å². The summed E-state index contributed by atoms with van der Waals surface area (Å²) in [5, 5.41) is 14.8. The van der Waals surface area contributed by atoms with Crippen molar-refractivity contribution in [3.63, 3.8) is 0 Å². The second-order valence-electron chi connectivity index (χ2n) is 16.8. The van der Waals surface area contributed by atoms with E-state index in [2.05, 4.69) is 25.3 Å². The van der Waals surface area contributed by atoms with Crippen LogP contribution in [0.3, 0.4) is 0 Å². The van der Waals surface area contributed by atoms with E-state index in [0.29, 0.717) is 36.1 Å². The van der Waals surface area contributed by atoms with Gasteiger partial charge in [0.25, 0.3) is 0 Å². The van der Waals surface area contributed by atoms with Crippen LogP contribution in [0.25, 0.3) is 0 Å². The third-order valence-corrected chi connectivity index (χ3v) is 11.7. The molecule has 14 nitrogen and oxygen atoms in total. The molecule has 0 spiro atoms. The van der Waals surface area contributed by atoms with Gasteiger partial charge in [0.2, 0.25) is 17.7 Å². The molecule has 3 fully saturated rings. The Morgan fingerprint density at radius 3 is 2.21 bits per heavy atom. The first-order chi connectivity index (χ1) is 26.7. The quantitative estimate of drug-likeness (QED) is 0.158. The van der Waals surface area contributed by atoms with Crippen molar-refractivity contribution >= 4 is 40.8 Å². The highest BCUT2D eigenvalue weighted by Crippen LogP contribution is 2.38. The summed E-state index contributed by atoms with van der Waals surface area (Å²) in [6.45, 7) is 7.82. The van der Waals surface area contributed by atoms with E-state index < -0.39 is 41.5 Å². The maximum Gasteiger partial charge on any atom is 0.324 e. The Morgan fingerprint density at radius 2 is 1.64 bits per heavy atom. The monoisotopic (exact) mass is 798 g/mol. The first-order valence-corrected chi connectivity index (χ1v) is 20.5. The number of ketones is 3. The number of pyridine rings is 1. The summed E-state index contributed by atoms with van der Waals surface area (Å²) in [4.78, 5) is 75.4. The molecule has 56 heavy (non-hydrogen) atoms. The van der Waals surface area contributed by atoms with Gasteiger partial charge in [0.05, 0.1) is 37.9 Å². The molecule has 5 rings (SSSR count). The number of carbonyl (C=O) groups is 4. The minimum atomic E-state index is -1.25. The van der Waals surface area contributed by atoms with Crippen LogP contribution in [0.4, 0.5) is 5.95 Å². The largest absolute Gasteiger partial charge is 0.472 e. The number of carbonyl (C=O) groups excluding carboxylic acids is 4. The van der Waals surface area contributed by atoms with Crippen molar-refractivity contribution in [1.82, 2.24) is 24.8 Å². The number of nitrogens with zero attached hydrogens (tertiary/aromatic N) is 5. The maximum atomic E-state index is 14.9. The Kier molecular flexibility index (Phi) is 15.0. The van der Waals surface area contributed by atoms with Crippen molar-refractivity contribution in [2.75, 3.05) is 26.1 Å². The van der Waals surface area contributed by atoms with E-state index in [1.165, 1.54) is 20.4 Å². The predicted octanol–water partition coefficient (Wildman–Crippen LogP) is 6.07. The topological polar surface area (TPSA) is 183 Å². The zero-order valence-electron chi connectivity index (χ0n) is 33.7. The highest BCUT2D eigenvalue weighted by atomic mass is 35.5. The number of rotatable bonds is 20. The number of anilines is 1. The molecule has 1 aliphatic heterocycles. The molecule has 308 valence electrons. The average molecular weight is 799 g/mol. The molecular weight excluding hydrogens is 740 g/mol. The lowest BCUT2D eigenvalue weighted by Crippen LogP contribution is -2.49.